The van der Waals surface area contributed by atoms with Crippen LogP contribution in [-0.4, -0.2) is 32.7 Å². The lowest BCUT2D eigenvalue weighted by molar-refractivity contribution is -0.384. The summed E-state index contributed by atoms with van der Waals surface area (Å²) in [7, 11) is 1.43. The number of hydrogen-bond acceptors (Lipinski definition) is 7. The van der Waals surface area contributed by atoms with E-state index in [0.29, 0.717) is 33.7 Å². The highest BCUT2D eigenvalue weighted by molar-refractivity contribution is 7.13. The summed E-state index contributed by atoms with van der Waals surface area (Å²) < 4.78 is 7.02. The fourth-order valence-electron chi connectivity index (χ4n) is 3.86. The molecule has 0 aliphatic carbocycles. The van der Waals surface area contributed by atoms with Crippen molar-refractivity contribution in [1.82, 2.24) is 14.8 Å². The number of non-ortho nitro benzene ring substituents is 1. The predicted molar refractivity (Wildman–Crippen MR) is 135 cm³/mol. The summed E-state index contributed by atoms with van der Waals surface area (Å²) in [5.41, 5.74) is 3.00. The summed E-state index contributed by atoms with van der Waals surface area (Å²) in [6.07, 6.45) is 0. The van der Waals surface area contributed by atoms with Gasteiger partial charge in [-0.15, -0.1) is 11.3 Å². The van der Waals surface area contributed by atoms with Crippen LogP contribution >= 0.6 is 11.3 Å². The van der Waals surface area contributed by atoms with E-state index in [1.807, 2.05) is 54.8 Å². The minimum absolute atomic E-state index is 0.159. The molecule has 2 aromatic carbocycles. The molecule has 0 radical (unpaired) electrons. The van der Waals surface area contributed by atoms with Crippen LogP contribution in [0.4, 0.5) is 11.4 Å². The zero-order valence-electron chi connectivity index (χ0n) is 18.8. The maximum Gasteiger partial charge on any atom is 0.271 e. The van der Waals surface area contributed by atoms with Crippen LogP contribution in [-0.2, 0) is 0 Å². The molecular formula is C25H19N5O4S. The van der Waals surface area contributed by atoms with Gasteiger partial charge in [-0.3, -0.25) is 14.9 Å². The molecular weight excluding hydrogens is 466 g/mol. The number of amides is 1. The molecule has 0 unspecified atom stereocenters. The second kappa shape index (κ2) is 8.99. The zero-order valence-corrected chi connectivity index (χ0v) is 19.6. The molecule has 35 heavy (non-hydrogen) atoms. The van der Waals surface area contributed by atoms with Gasteiger partial charge >= 0.3 is 0 Å². The highest BCUT2D eigenvalue weighted by Crippen LogP contribution is 2.33. The Morgan fingerprint density at radius 3 is 2.60 bits per heavy atom. The Labute approximate surface area is 203 Å². The Morgan fingerprint density at radius 2 is 1.91 bits per heavy atom. The van der Waals surface area contributed by atoms with Gasteiger partial charge in [0.05, 0.1) is 50.6 Å². The summed E-state index contributed by atoms with van der Waals surface area (Å²) in [6.45, 7) is 1.82. The average Bonchev–Trinajstić information content (AvgIpc) is 3.52. The average molecular weight is 486 g/mol. The molecule has 0 saturated heterocycles. The van der Waals surface area contributed by atoms with Crippen LogP contribution < -0.4 is 10.1 Å². The van der Waals surface area contributed by atoms with Gasteiger partial charge in [0.25, 0.3) is 11.6 Å². The first kappa shape index (κ1) is 22.2. The molecule has 5 rings (SSSR count). The number of nitro groups is 1. The van der Waals surface area contributed by atoms with Gasteiger partial charge in [-0.1, -0.05) is 24.3 Å². The second-order valence-corrected chi connectivity index (χ2v) is 8.61. The Morgan fingerprint density at radius 1 is 1.11 bits per heavy atom. The number of aromatic nitrogens is 3. The Hall–Kier alpha value is -4.57. The van der Waals surface area contributed by atoms with Crippen LogP contribution in [0, 0.1) is 17.0 Å². The molecule has 0 aliphatic rings. The van der Waals surface area contributed by atoms with Crippen molar-refractivity contribution in [3.05, 3.63) is 93.5 Å². The summed E-state index contributed by atoms with van der Waals surface area (Å²) in [5, 5.41) is 21.3. The van der Waals surface area contributed by atoms with Crippen molar-refractivity contribution in [2.75, 3.05) is 12.4 Å². The molecule has 3 heterocycles. The molecule has 1 amide bonds. The monoisotopic (exact) mass is 485 g/mol. The molecule has 3 aromatic heterocycles. The van der Waals surface area contributed by atoms with Gasteiger partial charge in [0, 0.05) is 12.1 Å². The largest absolute Gasteiger partial charge is 0.495 e. The van der Waals surface area contributed by atoms with Crippen LogP contribution in [0.2, 0.25) is 0 Å². The van der Waals surface area contributed by atoms with E-state index in [4.69, 9.17) is 9.72 Å². The number of nitrogens with zero attached hydrogens (tertiary/aromatic N) is 4. The number of aryl methyl sites for hydroxylation is 1. The number of thiophene rings is 1. The molecule has 5 aromatic rings. The van der Waals surface area contributed by atoms with Gasteiger partial charge in [-0.05, 0) is 42.6 Å². The quantitative estimate of drug-likeness (QED) is 0.247. The molecule has 1 N–H and O–H groups in total. The van der Waals surface area contributed by atoms with E-state index in [0.717, 1.165) is 10.6 Å². The number of carbonyl (C=O) groups is 1. The number of ether oxygens (including phenoxy) is 1. The highest BCUT2D eigenvalue weighted by Gasteiger charge is 2.23. The third kappa shape index (κ3) is 4.11. The number of para-hydroxylation sites is 1. The molecule has 0 atom stereocenters. The fraction of sp³-hybridized carbons (Fsp3) is 0.0800. The summed E-state index contributed by atoms with van der Waals surface area (Å²) in [5.74, 6) is -0.144. The van der Waals surface area contributed by atoms with E-state index in [1.165, 1.54) is 36.6 Å². The third-order valence-electron chi connectivity index (χ3n) is 5.47. The second-order valence-electron chi connectivity index (χ2n) is 7.66. The number of nitro benzene ring substituents is 1. The molecule has 0 aliphatic heterocycles. The lowest BCUT2D eigenvalue weighted by Gasteiger charge is -2.12. The van der Waals surface area contributed by atoms with Crippen LogP contribution in [0.5, 0.6) is 5.75 Å². The first-order chi connectivity index (χ1) is 17.0. The molecule has 9 nitrogen and oxygen atoms in total. The Kier molecular flexibility index (Phi) is 5.71. The molecule has 174 valence electrons. The number of hydrogen-bond donors (Lipinski definition) is 1. The number of anilines is 1. The van der Waals surface area contributed by atoms with Crippen molar-refractivity contribution < 1.29 is 14.5 Å². The smallest absolute Gasteiger partial charge is 0.271 e. The van der Waals surface area contributed by atoms with Gasteiger partial charge in [-0.2, -0.15) is 5.10 Å². The summed E-state index contributed by atoms with van der Waals surface area (Å²) in [6, 6.07) is 19.2. The number of fused-ring (bicyclic) bond motifs is 1. The third-order valence-corrected chi connectivity index (χ3v) is 6.37. The van der Waals surface area contributed by atoms with Crippen molar-refractivity contribution in [2.45, 2.75) is 6.92 Å². The number of methoxy groups -OCH3 is 1. The first-order valence-electron chi connectivity index (χ1n) is 10.6. The predicted octanol–water partition coefficient (Wildman–Crippen LogP) is 5.63. The SMILES string of the molecule is COc1ccc([N+](=O)[O-])cc1NC(=O)c1cc(-c2cccs2)nc2c1c(C)nn2-c1ccccc1. The number of rotatable bonds is 6. The van der Waals surface area contributed by atoms with Crippen LogP contribution in [0.1, 0.15) is 16.1 Å². The van der Waals surface area contributed by atoms with Gasteiger partial charge < -0.3 is 10.1 Å². The van der Waals surface area contributed by atoms with Gasteiger partial charge in [0.2, 0.25) is 0 Å². The molecule has 0 bridgehead atoms. The van der Waals surface area contributed by atoms with Crippen molar-refractivity contribution >= 4 is 39.7 Å². The minimum atomic E-state index is -0.525. The van der Waals surface area contributed by atoms with Crippen molar-refractivity contribution in [2.24, 2.45) is 0 Å². The maximum absolute atomic E-state index is 13.6. The van der Waals surface area contributed by atoms with Gasteiger partial charge in [-0.25, -0.2) is 9.67 Å². The highest BCUT2D eigenvalue weighted by atomic mass is 32.1. The van der Waals surface area contributed by atoms with Crippen molar-refractivity contribution in [3.8, 4) is 22.0 Å². The fourth-order valence-corrected chi connectivity index (χ4v) is 4.55. The normalized spacial score (nSPS) is 10.9. The van der Waals surface area contributed by atoms with E-state index in [-0.39, 0.29) is 11.4 Å². The van der Waals surface area contributed by atoms with Crippen LogP contribution in [0.15, 0.2) is 72.1 Å². The first-order valence-corrected chi connectivity index (χ1v) is 11.5. The van der Waals surface area contributed by atoms with Crippen LogP contribution in [0.3, 0.4) is 0 Å². The Bertz CT molecular complexity index is 1560. The molecule has 10 heteroatoms. The van der Waals surface area contributed by atoms with E-state index in [1.54, 1.807) is 10.7 Å². The van der Waals surface area contributed by atoms with E-state index >= 15 is 0 Å². The number of benzene rings is 2. The summed E-state index contributed by atoms with van der Waals surface area (Å²) >= 11 is 1.51. The summed E-state index contributed by atoms with van der Waals surface area (Å²) in [4.78, 5) is 30.1. The number of pyridine rings is 1. The van der Waals surface area contributed by atoms with E-state index in [2.05, 4.69) is 10.4 Å². The maximum atomic E-state index is 13.6. The Balaban J connectivity index is 1.69. The molecule has 0 fully saturated rings. The van der Waals surface area contributed by atoms with Gasteiger partial charge in [0.1, 0.15) is 5.75 Å². The lowest BCUT2D eigenvalue weighted by Crippen LogP contribution is -2.14. The van der Waals surface area contributed by atoms with Crippen LogP contribution in [0.25, 0.3) is 27.3 Å². The van der Waals surface area contributed by atoms with E-state index in [9.17, 15) is 14.9 Å². The topological polar surface area (TPSA) is 112 Å². The number of carbonyl (C=O) groups excluding carboxylic acids is 1. The van der Waals surface area contributed by atoms with Gasteiger partial charge in [0.15, 0.2) is 5.65 Å². The molecule has 0 spiro atoms. The number of nitrogens with one attached hydrogen (secondary N) is 1. The van der Waals surface area contributed by atoms with Crippen molar-refractivity contribution in [1.29, 1.82) is 0 Å². The van der Waals surface area contributed by atoms with Crippen molar-refractivity contribution in [3.63, 3.8) is 0 Å². The zero-order chi connectivity index (χ0) is 24.5. The molecule has 0 saturated carbocycles. The lowest BCUT2D eigenvalue weighted by atomic mass is 10.1. The minimum Gasteiger partial charge on any atom is -0.495 e. The van der Waals surface area contributed by atoms with E-state index < -0.39 is 10.8 Å². The standard InChI is InChI=1S/C25H19N5O4S/c1-15-23-18(25(31)27-19-13-17(30(32)33)10-11-21(19)34-2)14-20(22-9-6-12-35-22)26-24(23)29(28-15)16-7-4-3-5-8-16/h3-14H,1-2H3,(H,27,31).